The van der Waals surface area contributed by atoms with Gasteiger partial charge in [0.15, 0.2) is 0 Å². The minimum Gasteiger partial charge on any atom is -0.493 e. The first-order chi connectivity index (χ1) is 8.31. The summed E-state index contributed by atoms with van der Waals surface area (Å²) in [6.07, 6.45) is -5.45. The Bertz CT molecular complexity index is 432. The maximum absolute atomic E-state index is 13.3. The van der Waals surface area contributed by atoms with E-state index in [1.165, 1.54) is 12.1 Å². The SMILES string of the molecule is N=C(N)c1c(F)cccc1OCCCC(F)(F)F. The van der Waals surface area contributed by atoms with Gasteiger partial charge in [0.05, 0.1) is 12.2 Å². The molecular weight excluding hydrogens is 252 g/mol. The Kier molecular flexibility index (Phi) is 4.52. The predicted molar refractivity (Wildman–Crippen MR) is 58.2 cm³/mol. The number of benzene rings is 1. The summed E-state index contributed by atoms with van der Waals surface area (Å²) in [6, 6.07) is 3.79. The molecule has 1 aromatic rings. The topological polar surface area (TPSA) is 59.1 Å². The van der Waals surface area contributed by atoms with Crippen LogP contribution in [-0.2, 0) is 0 Å². The maximum atomic E-state index is 13.3. The number of alkyl halides is 3. The van der Waals surface area contributed by atoms with E-state index in [0.717, 1.165) is 6.07 Å². The zero-order valence-corrected chi connectivity index (χ0v) is 9.35. The molecule has 0 saturated carbocycles. The van der Waals surface area contributed by atoms with Gasteiger partial charge < -0.3 is 10.5 Å². The first-order valence-corrected chi connectivity index (χ1v) is 5.13. The fourth-order valence-electron chi connectivity index (χ4n) is 1.34. The van der Waals surface area contributed by atoms with Crippen molar-refractivity contribution < 1.29 is 22.3 Å². The largest absolute Gasteiger partial charge is 0.493 e. The molecule has 100 valence electrons. The van der Waals surface area contributed by atoms with Gasteiger partial charge in [-0.2, -0.15) is 13.2 Å². The average Bonchev–Trinajstić information content (AvgIpc) is 2.22. The van der Waals surface area contributed by atoms with Gasteiger partial charge in [-0.1, -0.05) is 6.07 Å². The number of nitrogens with two attached hydrogens (primary N) is 1. The summed E-state index contributed by atoms with van der Waals surface area (Å²) in [5.41, 5.74) is 4.94. The smallest absolute Gasteiger partial charge is 0.389 e. The number of hydrogen-bond donors (Lipinski definition) is 2. The zero-order chi connectivity index (χ0) is 13.8. The van der Waals surface area contributed by atoms with Crippen LogP contribution in [0, 0.1) is 11.2 Å². The highest BCUT2D eigenvalue weighted by molar-refractivity contribution is 5.97. The van der Waals surface area contributed by atoms with Crippen LogP contribution in [-0.4, -0.2) is 18.6 Å². The van der Waals surface area contributed by atoms with E-state index < -0.39 is 24.2 Å². The van der Waals surface area contributed by atoms with E-state index in [0.29, 0.717) is 0 Å². The van der Waals surface area contributed by atoms with Crippen molar-refractivity contribution in [1.29, 1.82) is 5.41 Å². The molecule has 0 unspecified atom stereocenters. The van der Waals surface area contributed by atoms with E-state index >= 15 is 0 Å². The Labute approximate surface area is 101 Å². The van der Waals surface area contributed by atoms with E-state index in [1.807, 2.05) is 0 Å². The quantitative estimate of drug-likeness (QED) is 0.372. The van der Waals surface area contributed by atoms with Gasteiger partial charge in [0.25, 0.3) is 0 Å². The molecule has 3 N–H and O–H groups in total. The molecule has 3 nitrogen and oxygen atoms in total. The minimum absolute atomic E-state index is 0.0234. The highest BCUT2D eigenvalue weighted by atomic mass is 19.4. The normalized spacial score (nSPS) is 11.3. The van der Waals surface area contributed by atoms with Gasteiger partial charge in [0, 0.05) is 6.42 Å². The van der Waals surface area contributed by atoms with Crippen molar-refractivity contribution in [3.8, 4) is 5.75 Å². The van der Waals surface area contributed by atoms with E-state index in [-0.39, 0.29) is 24.3 Å². The third-order valence-corrected chi connectivity index (χ3v) is 2.11. The lowest BCUT2D eigenvalue weighted by molar-refractivity contribution is -0.136. The Morgan fingerprint density at radius 2 is 2.00 bits per heavy atom. The molecule has 1 aromatic carbocycles. The van der Waals surface area contributed by atoms with Crippen molar-refractivity contribution >= 4 is 5.84 Å². The molecule has 1 rings (SSSR count). The summed E-state index contributed by atoms with van der Waals surface area (Å²) in [6.45, 7) is -0.219. The summed E-state index contributed by atoms with van der Waals surface area (Å²) in [5, 5.41) is 7.17. The van der Waals surface area contributed by atoms with Gasteiger partial charge >= 0.3 is 6.18 Å². The number of amidine groups is 1. The molecule has 0 heterocycles. The molecule has 18 heavy (non-hydrogen) atoms. The molecule has 0 aromatic heterocycles. The van der Waals surface area contributed by atoms with Crippen LogP contribution in [0.2, 0.25) is 0 Å². The van der Waals surface area contributed by atoms with Gasteiger partial charge in [0.2, 0.25) is 0 Å². The van der Waals surface area contributed by atoms with Gasteiger partial charge in [-0.15, -0.1) is 0 Å². The molecule has 0 saturated heterocycles. The second kappa shape index (κ2) is 5.70. The molecule has 0 spiro atoms. The monoisotopic (exact) mass is 264 g/mol. The van der Waals surface area contributed by atoms with E-state index in [1.54, 1.807) is 0 Å². The summed E-state index contributed by atoms with van der Waals surface area (Å²) in [4.78, 5) is 0. The standard InChI is InChI=1S/C11H12F4N2O/c12-7-3-1-4-8(9(7)10(16)17)18-6-2-5-11(13,14)15/h1,3-4H,2,5-6H2,(H3,16,17). The van der Waals surface area contributed by atoms with E-state index in [2.05, 4.69) is 0 Å². The lowest BCUT2D eigenvalue weighted by Gasteiger charge is -2.11. The first kappa shape index (κ1) is 14.3. The molecule has 0 aliphatic carbocycles. The summed E-state index contributed by atoms with van der Waals surface area (Å²) in [7, 11) is 0. The van der Waals surface area contributed by atoms with E-state index in [4.69, 9.17) is 15.9 Å². The van der Waals surface area contributed by atoms with Crippen LogP contribution in [0.5, 0.6) is 5.75 Å². The van der Waals surface area contributed by atoms with Crippen molar-refractivity contribution in [1.82, 2.24) is 0 Å². The molecule has 7 heteroatoms. The van der Waals surface area contributed by atoms with Crippen LogP contribution in [0.4, 0.5) is 17.6 Å². The van der Waals surface area contributed by atoms with Gasteiger partial charge in [-0.25, -0.2) is 4.39 Å². The molecule has 0 bridgehead atoms. The third-order valence-electron chi connectivity index (χ3n) is 2.11. The lowest BCUT2D eigenvalue weighted by Crippen LogP contribution is -2.16. The Morgan fingerprint density at radius 3 is 2.56 bits per heavy atom. The Balaban J connectivity index is 2.63. The molecule has 0 radical (unpaired) electrons. The molecule has 0 amide bonds. The van der Waals surface area contributed by atoms with Crippen LogP contribution < -0.4 is 10.5 Å². The summed E-state index contributed by atoms with van der Waals surface area (Å²) in [5.74, 6) is -1.29. The Hall–Kier alpha value is -1.79. The van der Waals surface area contributed by atoms with Crippen LogP contribution in [0.25, 0.3) is 0 Å². The minimum atomic E-state index is -4.24. The second-order valence-electron chi connectivity index (χ2n) is 3.59. The molecule has 0 aliphatic heterocycles. The number of ether oxygens (including phenoxy) is 1. The molecular formula is C11H12F4N2O. The maximum Gasteiger partial charge on any atom is 0.389 e. The van der Waals surface area contributed by atoms with Crippen molar-refractivity contribution in [2.75, 3.05) is 6.61 Å². The number of halogens is 4. The highest BCUT2D eigenvalue weighted by Gasteiger charge is 2.26. The van der Waals surface area contributed by atoms with Crippen molar-refractivity contribution in [3.63, 3.8) is 0 Å². The highest BCUT2D eigenvalue weighted by Crippen LogP contribution is 2.23. The van der Waals surface area contributed by atoms with Crippen LogP contribution in [0.1, 0.15) is 18.4 Å². The summed E-state index contributed by atoms with van der Waals surface area (Å²) >= 11 is 0. The predicted octanol–water partition coefficient (Wildman–Crippen LogP) is 2.83. The van der Waals surface area contributed by atoms with E-state index in [9.17, 15) is 17.6 Å². The van der Waals surface area contributed by atoms with Crippen LogP contribution in [0.15, 0.2) is 18.2 Å². The number of hydrogen-bond acceptors (Lipinski definition) is 2. The van der Waals surface area contributed by atoms with Crippen molar-refractivity contribution in [2.24, 2.45) is 5.73 Å². The number of nitrogen functional groups attached to an aromatic ring is 1. The molecule has 0 fully saturated rings. The average molecular weight is 264 g/mol. The lowest BCUT2D eigenvalue weighted by atomic mass is 10.1. The third kappa shape index (κ3) is 4.23. The fraction of sp³-hybridized carbons (Fsp3) is 0.364. The molecule has 0 aliphatic rings. The number of rotatable bonds is 5. The Morgan fingerprint density at radius 1 is 1.33 bits per heavy atom. The van der Waals surface area contributed by atoms with Crippen LogP contribution >= 0.6 is 0 Å². The van der Waals surface area contributed by atoms with Gasteiger partial charge in [0.1, 0.15) is 17.4 Å². The van der Waals surface area contributed by atoms with Gasteiger partial charge in [-0.05, 0) is 18.6 Å². The molecule has 0 atom stereocenters. The summed E-state index contributed by atoms with van der Waals surface area (Å²) < 4.78 is 54.0. The van der Waals surface area contributed by atoms with Crippen LogP contribution in [0.3, 0.4) is 0 Å². The van der Waals surface area contributed by atoms with Crippen molar-refractivity contribution in [3.05, 3.63) is 29.6 Å². The number of nitrogens with one attached hydrogen (secondary N) is 1. The zero-order valence-electron chi connectivity index (χ0n) is 9.35. The second-order valence-corrected chi connectivity index (χ2v) is 3.59. The van der Waals surface area contributed by atoms with Crippen molar-refractivity contribution in [2.45, 2.75) is 19.0 Å². The first-order valence-electron chi connectivity index (χ1n) is 5.13. The van der Waals surface area contributed by atoms with Gasteiger partial charge in [-0.3, -0.25) is 5.41 Å². The fourth-order valence-corrected chi connectivity index (χ4v) is 1.34.